The molecule has 0 saturated heterocycles. The van der Waals surface area contributed by atoms with Crippen LogP contribution in [0.25, 0.3) is 22.4 Å². The molecule has 0 aliphatic heterocycles. The van der Waals surface area contributed by atoms with Crippen molar-refractivity contribution in [3.8, 4) is 40.3 Å². The lowest BCUT2D eigenvalue weighted by molar-refractivity contribution is 0.415. The van der Waals surface area contributed by atoms with Gasteiger partial charge in [-0.2, -0.15) is 10.5 Å². The zero-order chi connectivity index (χ0) is 18.7. The van der Waals surface area contributed by atoms with E-state index in [-0.39, 0.29) is 16.9 Å². The number of nitrogens with two attached hydrogens (primary N) is 1. The van der Waals surface area contributed by atoms with E-state index in [4.69, 9.17) is 22.1 Å². The fourth-order valence-corrected chi connectivity index (χ4v) is 2.93. The minimum absolute atomic E-state index is 0.0549. The highest BCUT2D eigenvalue weighted by molar-refractivity contribution is 6.30. The Hall–Kier alpha value is -3.54. The Morgan fingerprint density at radius 3 is 2.35 bits per heavy atom. The monoisotopic (exact) mass is 360 g/mol. The average Bonchev–Trinajstić information content (AvgIpc) is 2.67. The van der Waals surface area contributed by atoms with Gasteiger partial charge in [-0.15, -0.1) is 0 Å². The summed E-state index contributed by atoms with van der Waals surface area (Å²) >= 11 is 6.09. The molecule has 2 N–H and O–H groups in total. The number of benzene rings is 2. The summed E-state index contributed by atoms with van der Waals surface area (Å²) in [6.45, 7) is 0. The van der Waals surface area contributed by atoms with Gasteiger partial charge in [-0.05, 0) is 29.8 Å². The van der Waals surface area contributed by atoms with Crippen LogP contribution >= 0.6 is 11.6 Å². The average molecular weight is 361 g/mol. The predicted molar refractivity (Wildman–Crippen MR) is 101 cm³/mol. The number of halogens is 1. The maximum Gasteiger partial charge on any atom is 0.142 e. The van der Waals surface area contributed by atoms with Crippen molar-refractivity contribution in [2.45, 2.75) is 0 Å². The van der Waals surface area contributed by atoms with Crippen molar-refractivity contribution >= 4 is 17.4 Å². The number of nitriles is 2. The maximum atomic E-state index is 9.82. The minimum Gasteiger partial charge on any atom is -0.497 e. The molecule has 6 heteroatoms. The number of hydrogen-bond donors (Lipinski definition) is 1. The van der Waals surface area contributed by atoms with Gasteiger partial charge in [0.25, 0.3) is 0 Å². The smallest absolute Gasteiger partial charge is 0.142 e. The summed E-state index contributed by atoms with van der Waals surface area (Å²) in [4.78, 5) is 4.31. The van der Waals surface area contributed by atoms with Crippen LogP contribution in [0.2, 0.25) is 5.02 Å². The van der Waals surface area contributed by atoms with Crippen molar-refractivity contribution in [3.63, 3.8) is 0 Å². The first-order valence-electron chi connectivity index (χ1n) is 7.63. The van der Waals surface area contributed by atoms with Crippen LogP contribution in [0.1, 0.15) is 11.1 Å². The molecule has 0 radical (unpaired) electrons. The SMILES string of the molecule is COc1cccc(-c2nc(N)c(C#N)c(-c3cccc(Cl)c3)c2C#N)c1. The highest BCUT2D eigenvalue weighted by atomic mass is 35.5. The van der Waals surface area contributed by atoms with E-state index in [1.807, 2.05) is 0 Å². The van der Waals surface area contributed by atoms with E-state index < -0.39 is 0 Å². The van der Waals surface area contributed by atoms with Crippen LogP contribution in [0.5, 0.6) is 5.75 Å². The Kier molecular flexibility index (Phi) is 4.75. The quantitative estimate of drug-likeness (QED) is 0.746. The van der Waals surface area contributed by atoms with Gasteiger partial charge in [0.2, 0.25) is 0 Å². The third-order valence-corrected chi connectivity index (χ3v) is 4.14. The van der Waals surface area contributed by atoms with E-state index in [0.717, 1.165) is 0 Å². The van der Waals surface area contributed by atoms with Crippen molar-refractivity contribution in [1.29, 1.82) is 10.5 Å². The molecule has 0 amide bonds. The molecule has 0 atom stereocenters. The summed E-state index contributed by atoms with van der Waals surface area (Å²) < 4.78 is 5.24. The van der Waals surface area contributed by atoms with E-state index in [0.29, 0.717) is 33.2 Å². The van der Waals surface area contributed by atoms with Crippen molar-refractivity contribution < 1.29 is 4.74 Å². The second kappa shape index (κ2) is 7.14. The first kappa shape index (κ1) is 17.3. The fraction of sp³-hybridized carbons (Fsp3) is 0.0500. The summed E-state index contributed by atoms with van der Waals surface area (Å²) in [5.74, 6) is 0.680. The van der Waals surface area contributed by atoms with Crippen LogP contribution in [0.4, 0.5) is 5.82 Å². The minimum atomic E-state index is 0.0549. The first-order chi connectivity index (χ1) is 12.6. The summed E-state index contributed by atoms with van der Waals surface area (Å²) in [6.07, 6.45) is 0. The lowest BCUT2D eigenvalue weighted by atomic mass is 9.92. The zero-order valence-corrected chi connectivity index (χ0v) is 14.6. The summed E-state index contributed by atoms with van der Waals surface area (Å²) in [7, 11) is 1.56. The second-order valence-electron chi connectivity index (χ2n) is 5.44. The molecule has 3 aromatic rings. The molecule has 0 saturated carbocycles. The number of nitrogens with zero attached hydrogens (tertiary/aromatic N) is 3. The van der Waals surface area contributed by atoms with E-state index in [1.165, 1.54) is 0 Å². The van der Waals surface area contributed by atoms with Gasteiger partial charge >= 0.3 is 0 Å². The molecule has 0 bridgehead atoms. The van der Waals surface area contributed by atoms with Crippen molar-refractivity contribution in [2.24, 2.45) is 0 Å². The molecular weight excluding hydrogens is 348 g/mol. The Labute approximate surface area is 155 Å². The molecule has 0 aliphatic carbocycles. The standard InChI is InChI=1S/C20H13ClN4O/c1-26-15-7-3-5-13(9-15)19-16(10-22)18(17(11-23)20(24)25-19)12-4-2-6-14(21)8-12/h2-9H,1H3,(H2,24,25). The van der Waals surface area contributed by atoms with Crippen LogP contribution in [0.3, 0.4) is 0 Å². The Morgan fingerprint density at radius 2 is 1.69 bits per heavy atom. The lowest BCUT2D eigenvalue weighted by Gasteiger charge is -2.14. The molecule has 2 aromatic carbocycles. The highest BCUT2D eigenvalue weighted by Gasteiger charge is 2.21. The van der Waals surface area contributed by atoms with Gasteiger partial charge in [0.1, 0.15) is 29.3 Å². The Bertz CT molecular complexity index is 1080. The third-order valence-electron chi connectivity index (χ3n) is 3.91. The molecule has 0 spiro atoms. The largest absolute Gasteiger partial charge is 0.497 e. The first-order valence-corrected chi connectivity index (χ1v) is 8.01. The van der Waals surface area contributed by atoms with Gasteiger partial charge in [0, 0.05) is 16.1 Å². The summed E-state index contributed by atoms with van der Waals surface area (Å²) in [5, 5.41) is 19.9. The highest BCUT2D eigenvalue weighted by Crippen LogP contribution is 2.37. The van der Waals surface area contributed by atoms with E-state index in [9.17, 15) is 10.5 Å². The number of pyridine rings is 1. The number of hydrogen-bond acceptors (Lipinski definition) is 5. The van der Waals surface area contributed by atoms with Gasteiger partial charge in [0.05, 0.1) is 18.4 Å². The van der Waals surface area contributed by atoms with Gasteiger partial charge in [0.15, 0.2) is 0 Å². The Balaban J connectivity index is 2.38. The van der Waals surface area contributed by atoms with Gasteiger partial charge < -0.3 is 10.5 Å². The van der Waals surface area contributed by atoms with Crippen molar-refractivity contribution in [3.05, 3.63) is 64.7 Å². The van der Waals surface area contributed by atoms with Crippen LogP contribution in [0, 0.1) is 22.7 Å². The summed E-state index contributed by atoms with van der Waals surface area (Å²) in [6, 6.07) is 18.3. The van der Waals surface area contributed by atoms with Crippen LogP contribution < -0.4 is 10.5 Å². The molecule has 0 aliphatic rings. The molecule has 0 fully saturated rings. The molecule has 0 unspecified atom stereocenters. The molecule has 1 heterocycles. The van der Waals surface area contributed by atoms with Crippen LogP contribution in [-0.4, -0.2) is 12.1 Å². The van der Waals surface area contributed by atoms with Crippen molar-refractivity contribution in [2.75, 3.05) is 12.8 Å². The normalized spacial score (nSPS) is 10.0. The molecule has 126 valence electrons. The van der Waals surface area contributed by atoms with Crippen LogP contribution in [-0.2, 0) is 0 Å². The fourth-order valence-electron chi connectivity index (χ4n) is 2.74. The van der Waals surface area contributed by atoms with Crippen molar-refractivity contribution in [1.82, 2.24) is 4.98 Å². The second-order valence-corrected chi connectivity index (χ2v) is 5.87. The Morgan fingerprint density at radius 1 is 1.00 bits per heavy atom. The number of methoxy groups -OCH3 is 1. The molecule has 3 rings (SSSR count). The topological polar surface area (TPSA) is 95.7 Å². The lowest BCUT2D eigenvalue weighted by Crippen LogP contribution is -2.04. The van der Waals surface area contributed by atoms with E-state index in [2.05, 4.69) is 17.1 Å². The number of anilines is 1. The molecule has 5 nitrogen and oxygen atoms in total. The number of rotatable bonds is 3. The van der Waals surface area contributed by atoms with E-state index in [1.54, 1.807) is 55.6 Å². The van der Waals surface area contributed by atoms with E-state index >= 15 is 0 Å². The maximum absolute atomic E-state index is 9.82. The third kappa shape index (κ3) is 3.04. The zero-order valence-electron chi connectivity index (χ0n) is 13.8. The predicted octanol–water partition coefficient (Wildman–Crippen LogP) is 4.40. The molecule has 1 aromatic heterocycles. The molecular formula is C20H13ClN4O. The number of aromatic nitrogens is 1. The number of ether oxygens (including phenoxy) is 1. The summed E-state index contributed by atoms with van der Waals surface area (Å²) in [5.41, 5.74) is 8.54. The van der Waals surface area contributed by atoms with Gasteiger partial charge in [-0.1, -0.05) is 35.9 Å². The van der Waals surface area contributed by atoms with Crippen LogP contribution in [0.15, 0.2) is 48.5 Å². The molecule has 26 heavy (non-hydrogen) atoms. The van der Waals surface area contributed by atoms with Gasteiger partial charge in [-0.25, -0.2) is 4.98 Å². The number of nitrogen functional groups attached to an aromatic ring is 1. The van der Waals surface area contributed by atoms with Gasteiger partial charge in [-0.3, -0.25) is 0 Å².